The molecule has 2 aliphatic heterocycles. The van der Waals surface area contributed by atoms with Gasteiger partial charge in [0.2, 0.25) is 5.91 Å². The Morgan fingerprint density at radius 3 is 2.74 bits per heavy atom. The fourth-order valence-corrected chi connectivity index (χ4v) is 4.00. The molecule has 3 heterocycles. The van der Waals surface area contributed by atoms with Crippen LogP contribution in [0.25, 0.3) is 0 Å². The lowest BCUT2D eigenvalue weighted by Crippen LogP contribution is -2.53. The van der Waals surface area contributed by atoms with E-state index in [4.69, 9.17) is 4.74 Å². The van der Waals surface area contributed by atoms with Crippen LogP contribution in [0.2, 0.25) is 0 Å². The van der Waals surface area contributed by atoms with Crippen LogP contribution < -0.4 is 0 Å². The molecule has 0 saturated carbocycles. The summed E-state index contributed by atoms with van der Waals surface area (Å²) in [7, 11) is 1.96. The zero-order valence-corrected chi connectivity index (χ0v) is 14.3. The molecule has 0 aliphatic carbocycles. The zero-order valence-electron chi connectivity index (χ0n) is 14.3. The van der Waals surface area contributed by atoms with Crippen LogP contribution >= 0.6 is 0 Å². The Labute approximate surface area is 138 Å². The molecule has 2 aliphatic rings. The predicted octanol–water partition coefficient (Wildman–Crippen LogP) is 1.41. The monoisotopic (exact) mass is 320 g/mol. The predicted molar refractivity (Wildman–Crippen MR) is 87.9 cm³/mol. The van der Waals surface area contributed by atoms with Gasteiger partial charge in [0.05, 0.1) is 5.69 Å². The lowest BCUT2D eigenvalue weighted by atomic mass is 9.85. The summed E-state index contributed by atoms with van der Waals surface area (Å²) in [6.45, 7) is 6.52. The second-order valence-electron chi connectivity index (χ2n) is 6.75. The van der Waals surface area contributed by atoms with Crippen molar-refractivity contribution < 1.29 is 9.53 Å². The summed E-state index contributed by atoms with van der Waals surface area (Å²) < 4.78 is 7.12. The molecule has 1 aromatic heterocycles. The number of aromatic nitrogens is 2. The van der Waals surface area contributed by atoms with Crippen molar-refractivity contribution in [2.75, 3.05) is 32.8 Å². The van der Waals surface area contributed by atoms with Crippen molar-refractivity contribution in [3.63, 3.8) is 0 Å². The highest BCUT2D eigenvalue weighted by molar-refractivity contribution is 5.77. The number of rotatable bonds is 5. The maximum atomic E-state index is 12.1. The van der Waals surface area contributed by atoms with Crippen molar-refractivity contribution in [1.29, 1.82) is 0 Å². The third-order valence-electron chi connectivity index (χ3n) is 5.34. The maximum Gasteiger partial charge on any atom is 0.248 e. The Morgan fingerprint density at radius 2 is 2.09 bits per heavy atom. The van der Waals surface area contributed by atoms with E-state index in [1.807, 2.05) is 29.7 Å². The van der Waals surface area contributed by atoms with Gasteiger partial charge in [0, 0.05) is 45.0 Å². The van der Waals surface area contributed by atoms with E-state index in [-0.39, 0.29) is 18.1 Å². The highest BCUT2D eigenvalue weighted by Gasteiger charge is 2.43. The normalized spacial score (nSPS) is 21.2. The van der Waals surface area contributed by atoms with Crippen molar-refractivity contribution in [3.05, 3.63) is 18.0 Å². The van der Waals surface area contributed by atoms with E-state index < -0.39 is 0 Å². The summed E-state index contributed by atoms with van der Waals surface area (Å²) in [4.78, 5) is 16.7. The molecule has 1 amide bonds. The SMILES string of the molecule is CCOCC(=O)N1CCC2(CCCN2Cc2ccn(C)n2)CC1. The van der Waals surface area contributed by atoms with Crippen molar-refractivity contribution in [2.45, 2.75) is 44.7 Å². The Bertz CT molecular complexity index is 534. The van der Waals surface area contributed by atoms with Gasteiger partial charge >= 0.3 is 0 Å². The topological polar surface area (TPSA) is 50.6 Å². The Balaban J connectivity index is 1.58. The van der Waals surface area contributed by atoms with Gasteiger partial charge in [-0.1, -0.05) is 0 Å². The second kappa shape index (κ2) is 7.01. The molecule has 0 N–H and O–H groups in total. The lowest BCUT2D eigenvalue weighted by Gasteiger charge is -2.45. The van der Waals surface area contributed by atoms with Gasteiger partial charge in [-0.05, 0) is 45.2 Å². The van der Waals surface area contributed by atoms with Crippen LogP contribution in [0, 0.1) is 0 Å². The van der Waals surface area contributed by atoms with Crippen molar-refractivity contribution in [3.8, 4) is 0 Å². The largest absolute Gasteiger partial charge is 0.372 e. The molecule has 3 rings (SSSR count). The summed E-state index contributed by atoms with van der Waals surface area (Å²) >= 11 is 0. The molecule has 128 valence electrons. The van der Waals surface area contributed by atoms with Gasteiger partial charge in [0.25, 0.3) is 0 Å². The van der Waals surface area contributed by atoms with Crippen LogP contribution in [0.3, 0.4) is 0 Å². The van der Waals surface area contributed by atoms with Gasteiger partial charge in [0.15, 0.2) is 0 Å². The van der Waals surface area contributed by atoms with Gasteiger partial charge in [0.1, 0.15) is 6.61 Å². The van der Waals surface area contributed by atoms with Crippen LogP contribution in [0.5, 0.6) is 0 Å². The number of likely N-dealkylation sites (tertiary alicyclic amines) is 2. The first-order valence-electron chi connectivity index (χ1n) is 8.72. The van der Waals surface area contributed by atoms with Gasteiger partial charge in [-0.25, -0.2) is 0 Å². The number of carbonyl (C=O) groups is 1. The van der Waals surface area contributed by atoms with Gasteiger partial charge in [-0.2, -0.15) is 5.10 Å². The lowest BCUT2D eigenvalue weighted by molar-refractivity contribution is -0.138. The highest BCUT2D eigenvalue weighted by atomic mass is 16.5. The van der Waals surface area contributed by atoms with Gasteiger partial charge < -0.3 is 9.64 Å². The molecule has 2 fully saturated rings. The summed E-state index contributed by atoms with van der Waals surface area (Å²) in [5.41, 5.74) is 1.41. The number of carbonyl (C=O) groups excluding carboxylic acids is 1. The number of hydrogen-bond acceptors (Lipinski definition) is 4. The molecule has 0 atom stereocenters. The van der Waals surface area contributed by atoms with E-state index in [1.54, 1.807) is 0 Å². The summed E-state index contributed by atoms with van der Waals surface area (Å²) in [6.07, 6.45) is 6.63. The molecule has 0 radical (unpaired) electrons. The van der Waals surface area contributed by atoms with E-state index >= 15 is 0 Å². The van der Waals surface area contributed by atoms with Crippen molar-refractivity contribution in [1.82, 2.24) is 19.6 Å². The van der Waals surface area contributed by atoms with Gasteiger partial charge in [-0.3, -0.25) is 14.4 Å². The summed E-state index contributed by atoms with van der Waals surface area (Å²) in [5.74, 6) is 0.135. The maximum absolute atomic E-state index is 12.1. The molecule has 6 heteroatoms. The molecule has 0 aromatic carbocycles. The van der Waals surface area contributed by atoms with E-state index in [1.165, 1.54) is 12.8 Å². The van der Waals surface area contributed by atoms with E-state index in [9.17, 15) is 4.79 Å². The molecular weight excluding hydrogens is 292 g/mol. The van der Waals surface area contributed by atoms with Crippen LogP contribution in [-0.4, -0.2) is 63.9 Å². The first-order chi connectivity index (χ1) is 11.1. The number of ether oxygens (including phenoxy) is 1. The standard InChI is InChI=1S/C17H28N4O2/c1-3-23-14-16(22)20-11-7-17(8-12-20)6-4-9-21(17)13-15-5-10-19(2)18-15/h5,10H,3-4,6-9,11-14H2,1-2H3. The third kappa shape index (κ3) is 3.58. The molecule has 2 saturated heterocycles. The van der Waals surface area contributed by atoms with E-state index in [0.717, 1.165) is 44.7 Å². The summed E-state index contributed by atoms with van der Waals surface area (Å²) in [5, 5.41) is 4.52. The number of nitrogens with zero attached hydrogens (tertiary/aromatic N) is 4. The first-order valence-corrected chi connectivity index (χ1v) is 8.72. The summed E-state index contributed by atoms with van der Waals surface area (Å²) in [6, 6.07) is 2.10. The van der Waals surface area contributed by atoms with Crippen molar-refractivity contribution >= 4 is 5.91 Å². The van der Waals surface area contributed by atoms with E-state index in [0.29, 0.717) is 6.61 Å². The molecule has 1 aromatic rings. The fraction of sp³-hybridized carbons (Fsp3) is 0.765. The molecule has 0 unspecified atom stereocenters. The number of amides is 1. The third-order valence-corrected chi connectivity index (χ3v) is 5.34. The van der Waals surface area contributed by atoms with Crippen LogP contribution in [0.1, 0.15) is 38.3 Å². The Kier molecular flexibility index (Phi) is 5.02. The molecular formula is C17H28N4O2. The number of aryl methyl sites for hydroxylation is 1. The Morgan fingerprint density at radius 1 is 1.30 bits per heavy atom. The van der Waals surface area contributed by atoms with Gasteiger partial charge in [-0.15, -0.1) is 0 Å². The number of piperidine rings is 1. The highest BCUT2D eigenvalue weighted by Crippen LogP contribution is 2.39. The second-order valence-corrected chi connectivity index (χ2v) is 6.75. The molecule has 23 heavy (non-hydrogen) atoms. The molecule has 6 nitrogen and oxygen atoms in total. The van der Waals surface area contributed by atoms with Crippen LogP contribution in [0.4, 0.5) is 0 Å². The average Bonchev–Trinajstić information content (AvgIpc) is 3.13. The fourth-order valence-electron chi connectivity index (χ4n) is 4.00. The van der Waals surface area contributed by atoms with Crippen LogP contribution in [-0.2, 0) is 23.1 Å². The molecule has 0 bridgehead atoms. The quantitative estimate of drug-likeness (QED) is 0.823. The first kappa shape index (κ1) is 16.5. The minimum absolute atomic E-state index is 0.135. The minimum atomic E-state index is 0.135. The average molecular weight is 320 g/mol. The van der Waals surface area contributed by atoms with E-state index in [2.05, 4.69) is 16.1 Å². The van der Waals surface area contributed by atoms with Crippen LogP contribution in [0.15, 0.2) is 12.3 Å². The zero-order chi connectivity index (χ0) is 16.3. The Hall–Kier alpha value is -1.40. The number of hydrogen-bond donors (Lipinski definition) is 0. The minimum Gasteiger partial charge on any atom is -0.372 e. The molecule has 1 spiro atoms. The smallest absolute Gasteiger partial charge is 0.248 e. The van der Waals surface area contributed by atoms with Crippen molar-refractivity contribution in [2.24, 2.45) is 7.05 Å².